The largest absolute Gasteiger partial charge is 0.330 e. The Bertz CT molecular complexity index is 682. The van der Waals surface area contributed by atoms with Crippen molar-refractivity contribution >= 4 is 0 Å². The Kier molecular flexibility index (Phi) is 20.8. The third-order valence-corrected chi connectivity index (χ3v) is 5.04. The van der Waals surface area contributed by atoms with Gasteiger partial charge in [0.05, 0.1) is 6.04 Å². The smallest absolute Gasteiger partial charge is 0.0577 e. The molecule has 2 rings (SSSR count). The summed E-state index contributed by atoms with van der Waals surface area (Å²) in [5.41, 5.74) is 10.7. The van der Waals surface area contributed by atoms with Gasteiger partial charge >= 0.3 is 0 Å². The molecule has 2 aromatic carbocycles. The number of nitrogens with one attached hydrogen (secondary N) is 3. The van der Waals surface area contributed by atoms with Crippen LogP contribution in [0.25, 0.3) is 0 Å². The van der Waals surface area contributed by atoms with Gasteiger partial charge in [0, 0.05) is 18.3 Å². The van der Waals surface area contributed by atoms with Gasteiger partial charge in [0.2, 0.25) is 0 Å². The molecule has 1 unspecified atom stereocenters. The molecule has 0 spiro atoms. The first-order chi connectivity index (χ1) is 16.5. The highest BCUT2D eigenvalue weighted by Crippen LogP contribution is 2.21. The molecule has 0 amide bonds. The Morgan fingerprint density at radius 3 is 1.88 bits per heavy atom. The van der Waals surface area contributed by atoms with Gasteiger partial charge in [-0.3, -0.25) is 10.7 Å². The number of likely N-dealkylation sites (N-methyl/N-ethyl adjacent to an activating group) is 1. The van der Waals surface area contributed by atoms with E-state index in [1.54, 1.807) is 6.08 Å². The summed E-state index contributed by atoms with van der Waals surface area (Å²) in [4.78, 5) is 0. The van der Waals surface area contributed by atoms with Crippen LogP contribution in [0.1, 0.15) is 70.0 Å². The molecule has 0 bridgehead atoms. The van der Waals surface area contributed by atoms with Crippen LogP contribution >= 0.6 is 0 Å². The van der Waals surface area contributed by atoms with Crippen molar-refractivity contribution in [2.45, 2.75) is 65.0 Å². The van der Waals surface area contributed by atoms with E-state index in [1.807, 2.05) is 12.4 Å². The van der Waals surface area contributed by atoms with E-state index in [9.17, 15) is 0 Å². The summed E-state index contributed by atoms with van der Waals surface area (Å²) in [6.45, 7) is 15.9. The molecule has 0 aliphatic heterocycles. The maximum absolute atomic E-state index is 8.37. The minimum atomic E-state index is 0.249. The molecular weight excluding hydrogens is 420 g/mol. The van der Waals surface area contributed by atoms with Crippen molar-refractivity contribution in [3.8, 4) is 0 Å². The van der Waals surface area contributed by atoms with Gasteiger partial charge < -0.3 is 16.4 Å². The molecule has 5 nitrogen and oxygen atoms in total. The number of hydroxylamine groups is 1. The van der Waals surface area contributed by atoms with E-state index >= 15 is 0 Å². The normalized spacial score (nSPS) is 10.9. The van der Waals surface area contributed by atoms with Crippen LogP contribution in [-0.2, 0) is 0 Å². The third kappa shape index (κ3) is 16.2. The highest BCUT2D eigenvalue weighted by Gasteiger charge is 2.13. The van der Waals surface area contributed by atoms with Crippen LogP contribution in [0.5, 0.6) is 0 Å². The van der Waals surface area contributed by atoms with Crippen molar-refractivity contribution in [2.75, 3.05) is 19.6 Å². The minimum Gasteiger partial charge on any atom is -0.330 e. The fourth-order valence-corrected chi connectivity index (χ4v) is 3.33. The second kappa shape index (κ2) is 22.4. The van der Waals surface area contributed by atoms with E-state index in [4.69, 9.17) is 10.9 Å². The highest BCUT2D eigenvalue weighted by atomic mass is 16.5. The molecule has 0 saturated carbocycles. The number of unbranched alkanes of at least 4 members (excludes halogenated alkanes) is 3. The molecule has 2 aromatic rings. The molecule has 0 radical (unpaired) electrons. The van der Waals surface area contributed by atoms with Crippen molar-refractivity contribution < 1.29 is 5.21 Å². The Hall–Kier alpha value is -2.44. The van der Waals surface area contributed by atoms with Crippen molar-refractivity contribution in [1.82, 2.24) is 16.1 Å². The predicted octanol–water partition coefficient (Wildman–Crippen LogP) is 5.94. The molecule has 0 aliphatic carbocycles. The Morgan fingerprint density at radius 1 is 0.941 bits per heavy atom. The molecule has 1 atom stereocenters. The summed E-state index contributed by atoms with van der Waals surface area (Å²) in [6, 6.07) is 22.0. The van der Waals surface area contributed by atoms with E-state index in [1.165, 1.54) is 17.5 Å². The van der Waals surface area contributed by atoms with Gasteiger partial charge in [-0.25, -0.2) is 0 Å². The number of allylic oxidation sites excluding steroid dienone is 2. The summed E-state index contributed by atoms with van der Waals surface area (Å²) in [7, 11) is 0. The summed E-state index contributed by atoms with van der Waals surface area (Å²) < 4.78 is 0. The van der Waals surface area contributed by atoms with Crippen LogP contribution in [0.4, 0.5) is 0 Å². The topological polar surface area (TPSA) is 82.3 Å². The summed E-state index contributed by atoms with van der Waals surface area (Å²) in [5, 5.41) is 15.5. The van der Waals surface area contributed by atoms with Gasteiger partial charge in [-0.05, 0) is 57.3 Å². The van der Waals surface area contributed by atoms with E-state index in [2.05, 4.69) is 98.3 Å². The zero-order chi connectivity index (χ0) is 25.4. The first kappa shape index (κ1) is 31.6. The first-order valence-corrected chi connectivity index (χ1v) is 12.5. The number of hydrogen-bond donors (Lipinski definition) is 5. The van der Waals surface area contributed by atoms with Gasteiger partial charge in [-0.1, -0.05) is 93.1 Å². The number of rotatable bonds is 14. The van der Waals surface area contributed by atoms with Crippen molar-refractivity contribution in [1.29, 1.82) is 0 Å². The van der Waals surface area contributed by atoms with Gasteiger partial charge in [0.15, 0.2) is 0 Å². The lowest BCUT2D eigenvalue weighted by molar-refractivity contribution is 0.196. The lowest BCUT2D eigenvalue weighted by Crippen LogP contribution is -2.38. The van der Waals surface area contributed by atoms with Crippen molar-refractivity contribution in [3.63, 3.8) is 0 Å². The second-order valence-corrected chi connectivity index (χ2v) is 8.20. The standard InChI is InChI=1S/C18H24N2.C8H18N2O.C3H6/c1-3-19-15(2)14-20-18(16-10-6-4-7-11-16)17-12-8-5-9-13-17;1-8(10-11)6-4-2-3-5-7-9;1-3-2/h4-13,15,18-20H,3,14H2,1-2H3;10-11H,1-7,9H2;3H,1H2,2H3. The van der Waals surface area contributed by atoms with Crippen LogP contribution in [0, 0.1) is 0 Å². The number of benzene rings is 2. The second-order valence-electron chi connectivity index (χ2n) is 8.20. The van der Waals surface area contributed by atoms with Crippen molar-refractivity contribution in [2.24, 2.45) is 5.73 Å². The van der Waals surface area contributed by atoms with E-state index in [-0.39, 0.29) is 6.04 Å². The van der Waals surface area contributed by atoms with Gasteiger partial charge in [0.1, 0.15) is 0 Å². The van der Waals surface area contributed by atoms with E-state index in [0.717, 1.165) is 45.3 Å². The molecule has 0 aliphatic rings. The highest BCUT2D eigenvalue weighted by molar-refractivity contribution is 5.31. The summed E-state index contributed by atoms with van der Waals surface area (Å²) >= 11 is 0. The third-order valence-electron chi connectivity index (χ3n) is 5.04. The Labute approximate surface area is 208 Å². The van der Waals surface area contributed by atoms with Gasteiger partial charge in [-0.15, -0.1) is 6.58 Å². The Balaban J connectivity index is 0.000000660. The van der Waals surface area contributed by atoms with Crippen LogP contribution in [0.2, 0.25) is 0 Å². The zero-order valence-electron chi connectivity index (χ0n) is 21.6. The number of hydrogen-bond acceptors (Lipinski definition) is 5. The minimum absolute atomic E-state index is 0.249. The van der Waals surface area contributed by atoms with E-state index < -0.39 is 0 Å². The average molecular weight is 469 g/mol. The Morgan fingerprint density at radius 2 is 1.44 bits per heavy atom. The molecule has 0 saturated heterocycles. The summed E-state index contributed by atoms with van der Waals surface area (Å²) in [6.07, 6.45) is 7.11. The zero-order valence-corrected chi connectivity index (χ0v) is 21.6. The molecule has 0 aromatic heterocycles. The maximum Gasteiger partial charge on any atom is 0.0577 e. The van der Waals surface area contributed by atoms with Crippen LogP contribution in [0.3, 0.4) is 0 Å². The van der Waals surface area contributed by atoms with E-state index in [0.29, 0.717) is 11.7 Å². The quantitative estimate of drug-likeness (QED) is 0.135. The van der Waals surface area contributed by atoms with Crippen LogP contribution < -0.4 is 21.8 Å². The predicted molar refractivity (Wildman–Crippen MR) is 148 cm³/mol. The SMILES string of the molecule is C=C(CCCCCCN)NO.C=CC.CCNC(C)CNC(c1ccccc1)c1ccccc1. The molecule has 0 fully saturated rings. The summed E-state index contributed by atoms with van der Waals surface area (Å²) in [5.74, 6) is 0. The van der Waals surface area contributed by atoms with Gasteiger partial charge in [-0.2, -0.15) is 0 Å². The average Bonchev–Trinajstić information content (AvgIpc) is 2.86. The maximum atomic E-state index is 8.37. The molecule has 5 heteroatoms. The van der Waals surface area contributed by atoms with Crippen LogP contribution in [0.15, 0.2) is 85.6 Å². The molecule has 6 N–H and O–H groups in total. The number of nitrogens with two attached hydrogens (primary N) is 1. The fourth-order valence-electron chi connectivity index (χ4n) is 3.33. The fraction of sp³-hybridized carbons (Fsp3) is 0.448. The molecule has 34 heavy (non-hydrogen) atoms. The lowest BCUT2D eigenvalue weighted by Gasteiger charge is -2.22. The first-order valence-electron chi connectivity index (χ1n) is 12.5. The lowest BCUT2D eigenvalue weighted by atomic mass is 9.98. The molecule has 190 valence electrons. The van der Waals surface area contributed by atoms with Gasteiger partial charge in [0.25, 0.3) is 0 Å². The molecular formula is C29H48N4O. The van der Waals surface area contributed by atoms with Crippen LogP contribution in [-0.4, -0.2) is 30.9 Å². The molecule has 0 heterocycles. The monoisotopic (exact) mass is 468 g/mol. The van der Waals surface area contributed by atoms with Crippen molar-refractivity contribution in [3.05, 3.63) is 96.7 Å².